The molecule has 208 valence electrons. The molecule has 4 nitrogen and oxygen atoms in total. The summed E-state index contributed by atoms with van der Waals surface area (Å²) in [6.45, 7) is 12.5. The van der Waals surface area contributed by atoms with E-state index in [0.29, 0.717) is 17.9 Å². The third-order valence-corrected chi connectivity index (χ3v) is 8.17. The van der Waals surface area contributed by atoms with Crippen molar-refractivity contribution in [3.8, 4) is 11.5 Å². The van der Waals surface area contributed by atoms with Crippen LogP contribution in [-0.4, -0.2) is 0 Å². The van der Waals surface area contributed by atoms with E-state index in [4.69, 9.17) is 9.05 Å². The van der Waals surface area contributed by atoms with Gasteiger partial charge in [-0.25, -0.2) is 4.57 Å². The van der Waals surface area contributed by atoms with E-state index < -0.39 is 7.82 Å². The summed E-state index contributed by atoms with van der Waals surface area (Å²) in [5.41, 5.74) is 7.39. The summed E-state index contributed by atoms with van der Waals surface area (Å²) in [7, 11) is -4.73. The van der Waals surface area contributed by atoms with E-state index in [9.17, 15) is 9.46 Å². The van der Waals surface area contributed by atoms with Gasteiger partial charge in [-0.1, -0.05) is 126 Å². The van der Waals surface area contributed by atoms with E-state index in [1.807, 2.05) is 36.4 Å². The Morgan fingerprint density at radius 2 is 1.00 bits per heavy atom. The molecule has 0 spiro atoms. The number of hydrogen-bond acceptors (Lipinski definition) is 4. The van der Waals surface area contributed by atoms with Crippen LogP contribution in [0.2, 0.25) is 0 Å². The van der Waals surface area contributed by atoms with E-state index in [1.165, 1.54) is 11.1 Å². The number of benzene rings is 4. The van der Waals surface area contributed by atoms with Gasteiger partial charge in [-0.2, -0.15) is 0 Å². The predicted octanol–water partition coefficient (Wildman–Crippen LogP) is 5.30. The van der Waals surface area contributed by atoms with Gasteiger partial charge in [0.25, 0.3) is 0 Å². The van der Waals surface area contributed by atoms with Gasteiger partial charge in [-0.05, 0) is 57.1 Å². The fourth-order valence-electron chi connectivity index (χ4n) is 5.42. The van der Waals surface area contributed by atoms with Gasteiger partial charge < -0.3 is 13.9 Å². The average molecular weight is 577 g/mol. The first-order valence-electron chi connectivity index (χ1n) is 13.9. The van der Waals surface area contributed by atoms with Gasteiger partial charge in [0.1, 0.15) is 11.5 Å². The van der Waals surface area contributed by atoms with Gasteiger partial charge in [0.15, 0.2) is 0 Å². The minimum Gasteiger partial charge on any atom is -0.736 e. The van der Waals surface area contributed by atoms with Gasteiger partial charge in [-0.3, -0.25) is 0 Å². The molecule has 6 heteroatoms. The van der Waals surface area contributed by atoms with Crippen LogP contribution in [-0.2, 0) is 34.7 Å². The SMILES string of the molecule is CC(C)(C)c1cc(Cc2ccccc2)cc2c1OP(=O)([O-])Oc1c(cc(Cc3ccccc3)cc1C(C)(C)C)C2.[Na+]. The molecule has 0 saturated carbocycles. The molecule has 0 saturated heterocycles. The van der Waals surface area contributed by atoms with E-state index >= 15 is 0 Å². The van der Waals surface area contributed by atoms with Crippen LogP contribution >= 0.6 is 7.82 Å². The van der Waals surface area contributed by atoms with E-state index in [0.717, 1.165) is 46.2 Å². The first kappa shape index (κ1) is 31.6. The number of fused-ring (bicyclic) bond motifs is 2. The van der Waals surface area contributed by atoms with Crippen molar-refractivity contribution in [2.24, 2.45) is 0 Å². The monoisotopic (exact) mass is 576 g/mol. The molecule has 0 fully saturated rings. The third kappa shape index (κ3) is 7.55. The molecule has 0 bridgehead atoms. The Balaban J connectivity index is 0.00000387. The number of rotatable bonds is 4. The van der Waals surface area contributed by atoms with Crippen LogP contribution in [0.5, 0.6) is 11.5 Å². The Bertz CT molecular complexity index is 1450. The summed E-state index contributed by atoms with van der Waals surface area (Å²) in [4.78, 5) is 13.4. The molecule has 0 aromatic heterocycles. The van der Waals surface area contributed by atoms with Crippen molar-refractivity contribution in [3.63, 3.8) is 0 Å². The van der Waals surface area contributed by atoms with Crippen molar-refractivity contribution in [2.45, 2.75) is 71.6 Å². The zero-order valence-corrected chi connectivity index (χ0v) is 28.2. The largest absolute Gasteiger partial charge is 1.00 e. The van der Waals surface area contributed by atoms with Gasteiger partial charge in [0, 0.05) is 17.5 Å². The molecule has 4 aromatic rings. The van der Waals surface area contributed by atoms with Crippen molar-refractivity contribution < 1.29 is 48.1 Å². The summed E-state index contributed by atoms with van der Waals surface area (Å²) in [6, 6.07) is 29.0. The van der Waals surface area contributed by atoms with Crippen LogP contribution in [0, 0.1) is 0 Å². The van der Waals surface area contributed by atoms with Crippen LogP contribution in [0.1, 0.15) is 86.1 Å². The van der Waals surface area contributed by atoms with E-state index in [1.54, 1.807) is 0 Å². The molecule has 0 N–H and O–H groups in total. The van der Waals surface area contributed by atoms with Crippen LogP contribution in [0.4, 0.5) is 0 Å². The number of hydrogen-bond donors (Lipinski definition) is 0. The second-order valence-corrected chi connectivity index (χ2v) is 14.2. The number of phosphoric acid groups is 1. The molecule has 41 heavy (non-hydrogen) atoms. The smallest absolute Gasteiger partial charge is 0.736 e. The van der Waals surface area contributed by atoms with Crippen LogP contribution in [0.3, 0.4) is 0 Å². The fourth-order valence-corrected chi connectivity index (χ4v) is 6.33. The zero-order valence-electron chi connectivity index (χ0n) is 25.3. The molecular weight excluding hydrogens is 538 g/mol. The topological polar surface area (TPSA) is 58.6 Å². The normalized spacial score (nSPS) is 14.3. The maximum atomic E-state index is 13.4. The van der Waals surface area contributed by atoms with Crippen molar-refractivity contribution in [1.82, 2.24) is 0 Å². The first-order chi connectivity index (χ1) is 18.8. The van der Waals surface area contributed by atoms with Gasteiger partial charge in [0.05, 0.1) is 0 Å². The summed E-state index contributed by atoms with van der Waals surface area (Å²) in [5, 5.41) is 0. The Morgan fingerprint density at radius 3 is 1.34 bits per heavy atom. The molecule has 1 heterocycles. The maximum absolute atomic E-state index is 13.4. The molecule has 5 rings (SSSR count). The zero-order chi connectivity index (χ0) is 28.7. The van der Waals surface area contributed by atoms with Crippen molar-refractivity contribution in [2.75, 3.05) is 0 Å². The van der Waals surface area contributed by atoms with Crippen LogP contribution in [0.15, 0.2) is 84.9 Å². The van der Waals surface area contributed by atoms with E-state index in [-0.39, 0.29) is 40.4 Å². The number of phosphoric ester groups is 1. The summed E-state index contributed by atoms with van der Waals surface area (Å²) < 4.78 is 25.1. The van der Waals surface area contributed by atoms with Gasteiger partial charge in [-0.15, -0.1) is 0 Å². The summed E-state index contributed by atoms with van der Waals surface area (Å²) >= 11 is 0. The minimum atomic E-state index is -4.73. The summed E-state index contributed by atoms with van der Waals surface area (Å²) in [6.07, 6.45) is 2.00. The molecule has 0 radical (unpaired) electrons. The third-order valence-electron chi connectivity index (χ3n) is 7.36. The Morgan fingerprint density at radius 1 is 0.634 bits per heavy atom. The van der Waals surface area contributed by atoms with Crippen molar-refractivity contribution in [3.05, 3.63) is 129 Å². The molecule has 1 aliphatic heterocycles. The molecule has 0 amide bonds. The van der Waals surface area contributed by atoms with Gasteiger partial charge in [0.2, 0.25) is 0 Å². The second kappa shape index (κ2) is 12.1. The standard InChI is InChI=1S/C35H39O4P.Na/c1-34(2,3)30-21-26(17-24-13-9-7-10-14-24)19-28-23-29-20-27(18-25-15-11-8-12-16-25)22-31(35(4,5)6)33(29)39-40(36,37)38-32(28)30;/h7-16,19-22H,17-18,23H2,1-6H3,(H,36,37);/q;+1/p-1. The average Bonchev–Trinajstić information content (AvgIpc) is 2.85. The van der Waals surface area contributed by atoms with Crippen LogP contribution in [0.25, 0.3) is 0 Å². The maximum Gasteiger partial charge on any atom is 1.00 e. The van der Waals surface area contributed by atoms with Crippen molar-refractivity contribution in [1.29, 1.82) is 0 Å². The summed E-state index contributed by atoms with van der Waals surface area (Å²) in [5.74, 6) is 0.776. The van der Waals surface area contributed by atoms with Crippen LogP contribution < -0.4 is 43.5 Å². The second-order valence-electron chi connectivity index (χ2n) is 12.9. The Labute approximate surface area is 267 Å². The Hall–Kier alpha value is -2.33. The van der Waals surface area contributed by atoms with E-state index in [2.05, 4.69) is 90.1 Å². The predicted molar refractivity (Wildman–Crippen MR) is 160 cm³/mol. The van der Waals surface area contributed by atoms with Crippen molar-refractivity contribution >= 4 is 7.82 Å². The molecule has 4 aromatic carbocycles. The minimum absolute atomic E-state index is 0. The quantitative estimate of drug-likeness (QED) is 0.245. The van der Waals surface area contributed by atoms with Gasteiger partial charge >= 0.3 is 37.4 Å². The molecule has 0 unspecified atom stereocenters. The molecular formula is C35H38NaO4P. The molecule has 0 atom stereocenters. The first-order valence-corrected chi connectivity index (χ1v) is 15.4. The Kier molecular flexibility index (Phi) is 9.34. The molecule has 0 aliphatic carbocycles. The fraction of sp³-hybridized carbons (Fsp3) is 0.314. The molecule has 1 aliphatic rings.